The van der Waals surface area contributed by atoms with Crippen LogP contribution in [0.3, 0.4) is 0 Å². The molecule has 3 fully saturated rings. The lowest BCUT2D eigenvalue weighted by atomic mass is 9.85. The monoisotopic (exact) mass is 1250 g/mol. The third-order valence-electron chi connectivity index (χ3n) is 18.7. The van der Waals surface area contributed by atoms with E-state index in [0.717, 1.165) is 98.1 Å². The van der Waals surface area contributed by atoms with Crippen molar-refractivity contribution in [2.24, 2.45) is 5.92 Å². The van der Waals surface area contributed by atoms with Gasteiger partial charge in [0.15, 0.2) is 0 Å². The Labute approximate surface area is 553 Å². The highest BCUT2D eigenvalue weighted by atomic mass is 16.2. The molecule has 2 saturated heterocycles. The van der Waals surface area contributed by atoms with Gasteiger partial charge < -0.3 is 31.1 Å². The summed E-state index contributed by atoms with van der Waals surface area (Å²) in [5.74, 6) is -1.07. The highest BCUT2D eigenvalue weighted by molar-refractivity contribution is 6.02. The van der Waals surface area contributed by atoms with Gasteiger partial charge in [-0.05, 0) is 119 Å². The Balaban J connectivity index is 0.000000192. The van der Waals surface area contributed by atoms with Gasteiger partial charge in [0.05, 0.1) is 12.1 Å². The van der Waals surface area contributed by atoms with E-state index in [1.54, 1.807) is 9.80 Å². The minimum Gasteiger partial charge on any atom is -0.350 e. The molecule has 12 heteroatoms. The zero-order chi connectivity index (χ0) is 65.2. The van der Waals surface area contributed by atoms with E-state index in [4.69, 9.17) is 0 Å². The zero-order valence-electron chi connectivity index (χ0n) is 53.7. The Kier molecular flexibility index (Phi) is 22.2. The number of carbonyl (C=O) groups is 6. The summed E-state index contributed by atoms with van der Waals surface area (Å²) in [6.07, 6.45) is 7.96. The SMILES string of the molecule is Cc1cccc(C)c1NC(=O)C1C(Cc2ccc(-c3ccccc3)cc2)NC(=O)C(Cc2ccccc2)N1C(=O)CCc1ccccc1.O=C1NC(Cc2ccc(-c3ccccc3)cc2)C(C(=O)NCc2ccccc2)N(C(=O)CC2CCCCC2)C1Cc1ccccc1. The number of rotatable bonds is 20. The van der Waals surface area contributed by atoms with Crippen LogP contribution < -0.4 is 21.3 Å². The quantitative estimate of drug-likeness (QED) is 0.0595. The van der Waals surface area contributed by atoms with Crippen LogP contribution in [0.1, 0.15) is 89.5 Å². The topological polar surface area (TPSA) is 157 Å². The largest absolute Gasteiger partial charge is 0.350 e. The number of carbonyl (C=O) groups excluding carboxylic acids is 6. The van der Waals surface area contributed by atoms with Crippen molar-refractivity contribution in [2.45, 2.75) is 134 Å². The van der Waals surface area contributed by atoms with Gasteiger partial charge in [0.1, 0.15) is 24.2 Å². The summed E-state index contributed by atoms with van der Waals surface area (Å²) in [4.78, 5) is 88.8. The van der Waals surface area contributed by atoms with E-state index >= 15 is 0 Å². The molecule has 2 heterocycles. The third-order valence-corrected chi connectivity index (χ3v) is 18.7. The molecule has 0 radical (unpaired) electrons. The molecular formula is C82H84N6O6. The number of amides is 6. The van der Waals surface area contributed by atoms with E-state index in [-0.39, 0.29) is 47.8 Å². The molecular weight excluding hydrogens is 1160 g/mol. The lowest BCUT2D eigenvalue weighted by Gasteiger charge is -2.46. The van der Waals surface area contributed by atoms with Crippen molar-refractivity contribution in [1.29, 1.82) is 0 Å². The molecule has 4 N–H and O–H groups in total. The van der Waals surface area contributed by atoms with E-state index in [1.807, 2.05) is 202 Å². The van der Waals surface area contributed by atoms with Crippen LogP contribution in [0, 0.1) is 19.8 Å². The van der Waals surface area contributed by atoms with Crippen LogP contribution in [-0.2, 0) is 67.4 Å². The third kappa shape index (κ3) is 16.9. The summed E-state index contributed by atoms with van der Waals surface area (Å²) >= 11 is 0. The fraction of sp³-hybridized carbons (Fsp3) is 0.268. The number of hydrogen-bond acceptors (Lipinski definition) is 6. The first-order chi connectivity index (χ1) is 45.9. The molecule has 9 aromatic carbocycles. The van der Waals surface area contributed by atoms with Gasteiger partial charge in [-0.15, -0.1) is 0 Å². The molecule has 0 spiro atoms. The summed E-state index contributed by atoms with van der Waals surface area (Å²) in [6.45, 7) is 4.26. The van der Waals surface area contributed by atoms with Crippen LogP contribution in [-0.4, -0.2) is 81.5 Å². The summed E-state index contributed by atoms with van der Waals surface area (Å²) < 4.78 is 0. The minimum absolute atomic E-state index is 0.105. The number of benzene rings is 9. The molecule has 6 amide bonds. The average molecular weight is 1250 g/mol. The van der Waals surface area contributed by atoms with Crippen LogP contribution in [0.15, 0.2) is 249 Å². The highest BCUT2D eigenvalue weighted by Crippen LogP contribution is 2.33. The van der Waals surface area contributed by atoms with Crippen molar-refractivity contribution in [3.05, 3.63) is 293 Å². The van der Waals surface area contributed by atoms with Crippen LogP contribution in [0.25, 0.3) is 22.3 Å². The van der Waals surface area contributed by atoms with Gasteiger partial charge in [0, 0.05) is 37.9 Å². The first-order valence-electron chi connectivity index (χ1n) is 33.2. The minimum atomic E-state index is -0.938. The van der Waals surface area contributed by atoms with Crippen LogP contribution in [0.5, 0.6) is 0 Å². The second kappa shape index (κ2) is 31.9. The number of para-hydroxylation sites is 1. The second-order valence-corrected chi connectivity index (χ2v) is 25.3. The van der Waals surface area contributed by atoms with Crippen molar-refractivity contribution in [1.82, 2.24) is 25.8 Å². The van der Waals surface area contributed by atoms with Crippen molar-refractivity contribution in [3.63, 3.8) is 0 Å². The fourth-order valence-corrected chi connectivity index (χ4v) is 13.7. The Morgan fingerprint density at radius 2 is 0.787 bits per heavy atom. The molecule has 478 valence electrons. The maximum absolute atomic E-state index is 14.5. The van der Waals surface area contributed by atoms with E-state index < -0.39 is 36.3 Å². The molecule has 1 saturated carbocycles. The Morgan fingerprint density at radius 1 is 0.404 bits per heavy atom. The molecule has 6 unspecified atom stereocenters. The van der Waals surface area contributed by atoms with E-state index in [0.29, 0.717) is 45.1 Å². The van der Waals surface area contributed by atoms with Crippen LogP contribution in [0.4, 0.5) is 5.69 Å². The Morgan fingerprint density at radius 3 is 1.24 bits per heavy atom. The van der Waals surface area contributed by atoms with Gasteiger partial charge in [-0.3, -0.25) is 28.8 Å². The number of anilines is 1. The number of hydrogen-bond donors (Lipinski definition) is 4. The summed E-state index contributed by atoms with van der Waals surface area (Å²) in [5.41, 5.74) is 12.8. The molecule has 1 aliphatic carbocycles. The molecule has 3 aliphatic rings. The molecule has 0 aromatic heterocycles. The zero-order valence-corrected chi connectivity index (χ0v) is 53.7. The Bertz CT molecular complexity index is 3940. The summed E-state index contributed by atoms with van der Waals surface area (Å²) in [5, 5.41) is 12.7. The molecule has 2 aliphatic heterocycles. The lowest BCUT2D eigenvalue weighted by Crippen LogP contribution is -2.71. The smallest absolute Gasteiger partial charge is 0.249 e. The highest BCUT2D eigenvalue weighted by Gasteiger charge is 2.49. The number of piperazine rings is 2. The van der Waals surface area contributed by atoms with Crippen molar-refractivity contribution >= 4 is 41.1 Å². The van der Waals surface area contributed by atoms with Crippen molar-refractivity contribution in [2.75, 3.05) is 5.32 Å². The van der Waals surface area contributed by atoms with E-state index in [2.05, 4.69) is 81.9 Å². The number of nitrogens with one attached hydrogen (secondary N) is 4. The summed E-state index contributed by atoms with van der Waals surface area (Å²) in [7, 11) is 0. The molecule has 94 heavy (non-hydrogen) atoms. The van der Waals surface area contributed by atoms with E-state index in [9.17, 15) is 28.8 Å². The molecule has 12 rings (SSSR count). The molecule has 12 nitrogen and oxygen atoms in total. The molecule has 6 atom stereocenters. The predicted molar refractivity (Wildman–Crippen MR) is 373 cm³/mol. The predicted octanol–water partition coefficient (Wildman–Crippen LogP) is 13.6. The molecule has 0 bridgehead atoms. The van der Waals surface area contributed by atoms with Crippen LogP contribution in [0.2, 0.25) is 0 Å². The maximum atomic E-state index is 14.5. The van der Waals surface area contributed by atoms with E-state index in [1.165, 1.54) is 6.42 Å². The van der Waals surface area contributed by atoms with Gasteiger partial charge in [-0.25, -0.2) is 0 Å². The number of aryl methyl sites for hydroxylation is 3. The number of nitrogens with zero attached hydrogens (tertiary/aromatic N) is 2. The first-order valence-corrected chi connectivity index (χ1v) is 33.2. The summed E-state index contributed by atoms with van der Waals surface area (Å²) in [6, 6.07) is 77.1. The fourth-order valence-electron chi connectivity index (χ4n) is 13.7. The lowest BCUT2D eigenvalue weighted by molar-refractivity contribution is -0.155. The van der Waals surface area contributed by atoms with Gasteiger partial charge in [-0.2, -0.15) is 0 Å². The van der Waals surface area contributed by atoms with Gasteiger partial charge in [0.2, 0.25) is 35.4 Å². The Hall–Kier alpha value is -10.2. The van der Waals surface area contributed by atoms with Gasteiger partial charge in [-0.1, -0.05) is 268 Å². The average Bonchev–Trinajstić information content (AvgIpc) is 0.807. The maximum Gasteiger partial charge on any atom is 0.249 e. The van der Waals surface area contributed by atoms with Crippen molar-refractivity contribution in [3.8, 4) is 22.3 Å². The second-order valence-electron chi connectivity index (χ2n) is 25.3. The van der Waals surface area contributed by atoms with Crippen molar-refractivity contribution < 1.29 is 28.8 Å². The van der Waals surface area contributed by atoms with Crippen LogP contribution >= 0.6 is 0 Å². The standard InChI is InChI=1S/C42H41N3O3.C40H43N3O3/c1-29-13-12-14-30(2)39(29)44-42(48)40-36(27-33-21-24-35(25-22-33)34-19-10-5-11-20-34)43-41(47)37(28-32-17-8-4-9-18-32)45(40)38(46)26-23-31-15-6-3-7-16-31;44-37(27-30-15-7-2-8-16-30)43-36(26-29-13-5-1-6-14-29)39(45)42-35(38(43)40(46)41-28-32-17-9-3-10-18-32)25-31-21-23-34(24-22-31)33-19-11-4-12-20-33/h3-22,24-25,36-37,40H,23,26-28H2,1-2H3,(H,43,47)(H,44,48);1,3-6,9-14,17-24,30,35-36,38H,2,7-8,15-16,25-28H2,(H,41,46)(H,42,45). The van der Waals surface area contributed by atoms with Gasteiger partial charge in [0.25, 0.3) is 0 Å². The normalized spacial score (nSPS) is 18.7. The van der Waals surface area contributed by atoms with Gasteiger partial charge >= 0.3 is 0 Å². The first kappa shape index (κ1) is 65.3. The molecule has 9 aromatic rings.